The molecule has 67 heavy (non-hydrogen) atoms. The molecule has 0 bridgehead atoms. The van der Waals surface area contributed by atoms with Gasteiger partial charge >= 0.3 is 24.0 Å². The van der Waals surface area contributed by atoms with Crippen molar-refractivity contribution in [3.63, 3.8) is 0 Å². The first-order valence-electron chi connectivity index (χ1n) is 27.5. The molecule has 0 fully saturated rings. The first kappa shape index (κ1) is 63.6. The van der Waals surface area contributed by atoms with Crippen LogP contribution in [0, 0.1) is 0 Å². The van der Waals surface area contributed by atoms with Crippen LogP contribution in [0.25, 0.3) is 0 Å². The maximum atomic E-state index is 13.2. The number of allylic oxidation sites excluding steroid dienone is 8. The second kappa shape index (κ2) is 50.5. The molecule has 0 heterocycles. The van der Waals surface area contributed by atoms with E-state index in [9.17, 15) is 19.2 Å². The standard InChI is InChI=1S/C57H102N2O8/c1-6-10-13-16-19-21-23-25-27-29-31-33-35-38-41-44-54(60)64-50-53(51-65-55(61)45-42-39-36-34-32-30-28-26-24-22-20-17-14-11-7-2)66-56(62)47-46-52(43-40-37-18-15-12-8-3)67-57(63)58-48-49-59(5)9-4/h19-22,25-28,52-53H,6-18,23-24,29-51H2,1-5H3,(H,58,63)/b21-19-,22-20-,27-25-,28-26-/t52-/m1/s1. The van der Waals surface area contributed by atoms with E-state index in [-0.39, 0.29) is 44.4 Å². The number of esters is 3. The largest absolute Gasteiger partial charge is 0.462 e. The second-order valence-corrected chi connectivity index (χ2v) is 18.4. The summed E-state index contributed by atoms with van der Waals surface area (Å²) in [6.45, 7) is 10.4. The van der Waals surface area contributed by atoms with Gasteiger partial charge in [0.1, 0.15) is 19.3 Å². The van der Waals surface area contributed by atoms with Gasteiger partial charge in [-0.2, -0.15) is 0 Å². The van der Waals surface area contributed by atoms with Crippen molar-refractivity contribution in [3.05, 3.63) is 48.6 Å². The first-order chi connectivity index (χ1) is 32.7. The van der Waals surface area contributed by atoms with Crippen LogP contribution in [0.4, 0.5) is 4.79 Å². The van der Waals surface area contributed by atoms with Crippen LogP contribution in [0.3, 0.4) is 0 Å². The summed E-state index contributed by atoms with van der Waals surface area (Å²) in [6, 6.07) is 0. The van der Waals surface area contributed by atoms with E-state index in [1.54, 1.807) is 0 Å². The summed E-state index contributed by atoms with van der Waals surface area (Å²) in [7, 11) is 1.99. The molecule has 0 aromatic carbocycles. The van der Waals surface area contributed by atoms with Gasteiger partial charge in [-0.15, -0.1) is 0 Å². The number of carbonyl (C=O) groups is 4. The summed E-state index contributed by atoms with van der Waals surface area (Å²) in [5, 5.41) is 2.83. The molecule has 1 N–H and O–H groups in total. The quantitative estimate of drug-likeness (QED) is 0.0275. The Balaban J connectivity index is 4.99. The second-order valence-electron chi connectivity index (χ2n) is 18.4. The molecule has 0 unspecified atom stereocenters. The normalized spacial score (nSPS) is 12.3. The molecule has 0 aliphatic carbocycles. The Morgan fingerprint density at radius 2 is 0.866 bits per heavy atom. The molecule has 1 amide bonds. The summed E-state index contributed by atoms with van der Waals surface area (Å²) < 4.78 is 22.7. The zero-order valence-corrected chi connectivity index (χ0v) is 43.9. The van der Waals surface area contributed by atoms with Gasteiger partial charge in [-0.3, -0.25) is 14.4 Å². The van der Waals surface area contributed by atoms with Crippen molar-refractivity contribution in [2.75, 3.05) is 39.9 Å². The first-order valence-corrected chi connectivity index (χ1v) is 27.5. The van der Waals surface area contributed by atoms with Gasteiger partial charge in [0.2, 0.25) is 0 Å². The van der Waals surface area contributed by atoms with Crippen molar-refractivity contribution < 1.29 is 38.1 Å². The Bertz CT molecular complexity index is 1220. The van der Waals surface area contributed by atoms with E-state index in [1.807, 2.05) is 7.05 Å². The predicted molar refractivity (Wildman–Crippen MR) is 279 cm³/mol. The third-order valence-electron chi connectivity index (χ3n) is 11.9. The van der Waals surface area contributed by atoms with E-state index in [2.05, 4.69) is 86.5 Å². The summed E-state index contributed by atoms with van der Waals surface area (Å²) in [5.41, 5.74) is 0. The summed E-state index contributed by atoms with van der Waals surface area (Å²) in [5.74, 6) is -1.22. The third-order valence-corrected chi connectivity index (χ3v) is 11.9. The number of likely N-dealkylation sites (N-methyl/N-ethyl adjacent to an activating group) is 1. The van der Waals surface area contributed by atoms with Crippen molar-refractivity contribution in [1.29, 1.82) is 0 Å². The van der Waals surface area contributed by atoms with Crippen LogP contribution in [0.2, 0.25) is 0 Å². The van der Waals surface area contributed by atoms with Crippen molar-refractivity contribution in [2.24, 2.45) is 0 Å². The van der Waals surface area contributed by atoms with Gasteiger partial charge in [0.05, 0.1) is 0 Å². The van der Waals surface area contributed by atoms with E-state index in [4.69, 9.17) is 18.9 Å². The highest BCUT2D eigenvalue weighted by molar-refractivity contribution is 5.71. The molecule has 10 nitrogen and oxygen atoms in total. The summed E-state index contributed by atoms with van der Waals surface area (Å²) in [4.78, 5) is 53.5. The lowest BCUT2D eigenvalue weighted by Crippen LogP contribution is -2.35. The predicted octanol–water partition coefficient (Wildman–Crippen LogP) is 15.2. The third kappa shape index (κ3) is 47.5. The zero-order valence-electron chi connectivity index (χ0n) is 43.9. The average Bonchev–Trinajstić information content (AvgIpc) is 3.32. The molecular formula is C57H102N2O8. The Morgan fingerprint density at radius 3 is 1.34 bits per heavy atom. The maximum absolute atomic E-state index is 13.2. The van der Waals surface area contributed by atoms with Crippen LogP contribution in [-0.2, 0) is 33.3 Å². The van der Waals surface area contributed by atoms with E-state index in [0.717, 1.165) is 116 Å². The van der Waals surface area contributed by atoms with E-state index < -0.39 is 24.3 Å². The highest BCUT2D eigenvalue weighted by Crippen LogP contribution is 2.17. The van der Waals surface area contributed by atoms with E-state index in [1.165, 1.54) is 70.6 Å². The number of alkyl carbamates (subject to hydrolysis) is 1. The van der Waals surface area contributed by atoms with Crippen LogP contribution >= 0.6 is 0 Å². The molecule has 0 aliphatic rings. The van der Waals surface area contributed by atoms with Crippen molar-refractivity contribution >= 4 is 24.0 Å². The minimum Gasteiger partial charge on any atom is -0.462 e. The smallest absolute Gasteiger partial charge is 0.407 e. The average molecular weight is 943 g/mol. The summed E-state index contributed by atoms with van der Waals surface area (Å²) >= 11 is 0. The lowest BCUT2D eigenvalue weighted by molar-refractivity contribution is -0.167. The van der Waals surface area contributed by atoms with E-state index in [0.29, 0.717) is 25.9 Å². The van der Waals surface area contributed by atoms with Crippen molar-refractivity contribution in [3.8, 4) is 0 Å². The molecular weight excluding hydrogens is 841 g/mol. The van der Waals surface area contributed by atoms with Crippen molar-refractivity contribution in [1.82, 2.24) is 10.2 Å². The van der Waals surface area contributed by atoms with Crippen LogP contribution < -0.4 is 5.32 Å². The van der Waals surface area contributed by atoms with Crippen LogP contribution in [0.1, 0.15) is 240 Å². The van der Waals surface area contributed by atoms with Gasteiger partial charge in [0.15, 0.2) is 6.10 Å². The number of rotatable bonds is 48. The monoisotopic (exact) mass is 943 g/mol. The molecule has 0 aromatic heterocycles. The fourth-order valence-electron chi connectivity index (χ4n) is 7.43. The van der Waals surface area contributed by atoms with Gasteiger partial charge in [-0.25, -0.2) is 4.79 Å². The molecule has 10 heteroatoms. The molecule has 0 spiro atoms. The Labute approximate surface area is 411 Å². The highest BCUT2D eigenvalue weighted by atomic mass is 16.6. The van der Waals surface area contributed by atoms with Crippen molar-refractivity contribution in [2.45, 2.75) is 252 Å². The SMILES string of the molecule is CCCCC/C=C\C/C=C\CCCCCCCC(=O)OCC(COC(=O)CCCCCCC/C=C\C/C=C\CCCCC)OC(=O)CC[C@@H](CCCCCCCC)OC(=O)NCCN(C)CC. The number of nitrogens with zero attached hydrogens (tertiary/aromatic N) is 1. The number of nitrogens with one attached hydrogen (secondary N) is 1. The minimum absolute atomic E-state index is 0.0165. The van der Waals surface area contributed by atoms with Gasteiger partial charge < -0.3 is 29.2 Å². The number of carbonyl (C=O) groups excluding carboxylic acids is 4. The minimum atomic E-state index is -0.925. The molecule has 388 valence electrons. The fourth-order valence-corrected chi connectivity index (χ4v) is 7.43. The van der Waals surface area contributed by atoms with Gasteiger partial charge in [0, 0.05) is 32.4 Å². The van der Waals surface area contributed by atoms with Crippen LogP contribution in [-0.4, -0.2) is 81.0 Å². The topological polar surface area (TPSA) is 120 Å². The number of hydrogen-bond donors (Lipinski definition) is 1. The Kier molecular flexibility index (Phi) is 47.9. The Morgan fingerprint density at radius 1 is 0.448 bits per heavy atom. The zero-order chi connectivity index (χ0) is 49.1. The van der Waals surface area contributed by atoms with Crippen LogP contribution in [0.5, 0.6) is 0 Å². The number of amides is 1. The van der Waals surface area contributed by atoms with Gasteiger partial charge in [-0.1, -0.05) is 173 Å². The number of ether oxygens (including phenoxy) is 4. The fraction of sp³-hybridized carbons (Fsp3) is 0.789. The molecule has 1 atom stereocenters. The van der Waals surface area contributed by atoms with E-state index >= 15 is 0 Å². The summed E-state index contributed by atoms with van der Waals surface area (Å²) in [6.07, 6.45) is 48.6. The Hall–Kier alpha value is -3.40. The molecule has 0 saturated carbocycles. The molecule has 0 aromatic rings. The molecule has 0 radical (unpaired) electrons. The number of unbranched alkanes of at least 4 members (excludes halogenated alkanes) is 21. The van der Waals surface area contributed by atoms with Gasteiger partial charge in [0.25, 0.3) is 0 Å². The lowest BCUT2D eigenvalue weighted by Gasteiger charge is -2.21. The lowest BCUT2D eigenvalue weighted by atomic mass is 10.0. The number of hydrogen-bond acceptors (Lipinski definition) is 9. The molecule has 0 aliphatic heterocycles. The molecule has 0 saturated heterocycles. The maximum Gasteiger partial charge on any atom is 0.407 e. The molecule has 0 rings (SSSR count). The highest BCUT2D eigenvalue weighted by Gasteiger charge is 2.22. The van der Waals surface area contributed by atoms with Crippen LogP contribution in [0.15, 0.2) is 48.6 Å². The van der Waals surface area contributed by atoms with Gasteiger partial charge in [-0.05, 0) is 110 Å².